The highest BCUT2D eigenvalue weighted by molar-refractivity contribution is 7.98. The first kappa shape index (κ1) is 15.7. The summed E-state index contributed by atoms with van der Waals surface area (Å²) < 4.78 is 5.86. The molecule has 0 bridgehead atoms. The van der Waals surface area contributed by atoms with Crippen LogP contribution in [-0.4, -0.2) is 45.9 Å². The average Bonchev–Trinajstić information content (AvgIpc) is 2.70. The van der Waals surface area contributed by atoms with Gasteiger partial charge in [-0.25, -0.2) is 4.99 Å². The van der Waals surface area contributed by atoms with Gasteiger partial charge in [0.1, 0.15) is 0 Å². The summed E-state index contributed by atoms with van der Waals surface area (Å²) in [6.45, 7) is 0. The van der Waals surface area contributed by atoms with Crippen LogP contribution in [0, 0.1) is 0 Å². The van der Waals surface area contributed by atoms with Crippen molar-refractivity contribution in [2.45, 2.75) is 56.5 Å². The third kappa shape index (κ3) is 3.48. The second-order valence-corrected chi connectivity index (χ2v) is 6.55. The van der Waals surface area contributed by atoms with Gasteiger partial charge < -0.3 is 20.7 Å². The van der Waals surface area contributed by atoms with Crippen LogP contribution in [-0.2, 0) is 4.74 Å². The summed E-state index contributed by atoms with van der Waals surface area (Å²) in [5.41, 5.74) is 6.38. The zero-order chi connectivity index (χ0) is 14.6. The fourth-order valence-corrected chi connectivity index (χ4v) is 3.48. The van der Waals surface area contributed by atoms with Crippen molar-refractivity contribution in [2.24, 2.45) is 5.73 Å². The zero-order valence-electron chi connectivity index (χ0n) is 12.0. The second kappa shape index (κ2) is 6.83. The van der Waals surface area contributed by atoms with Gasteiger partial charge in [0.2, 0.25) is 18.0 Å². The van der Waals surface area contributed by atoms with Crippen molar-refractivity contribution in [1.82, 2.24) is 0 Å². The monoisotopic (exact) mass is 301 g/mol. The summed E-state index contributed by atoms with van der Waals surface area (Å²) in [5.74, 6) is 1.29. The highest BCUT2D eigenvalue weighted by Gasteiger charge is 2.47. The Morgan fingerprint density at radius 3 is 2.70 bits per heavy atom. The molecule has 1 fully saturated rings. The van der Waals surface area contributed by atoms with Gasteiger partial charge in [-0.05, 0) is 37.7 Å². The van der Waals surface area contributed by atoms with E-state index in [0.717, 1.165) is 37.1 Å². The molecule has 2 aliphatic rings. The standard InChI is InChI=1S/C14H24N2O3S/c1-20-8-5-10(13(17)18)16-11-9-12(15)19-14(11)6-3-2-4-7-14/h9-10,13,17-18H,2-8,15H2,1H3/p+1. The van der Waals surface area contributed by atoms with Crippen LogP contribution >= 0.6 is 11.8 Å². The first-order valence-corrected chi connectivity index (χ1v) is 8.62. The summed E-state index contributed by atoms with van der Waals surface area (Å²) in [6, 6.07) is -0.387. The lowest BCUT2D eigenvalue weighted by Gasteiger charge is -2.31. The number of aliphatic hydroxyl groups excluding tert-OH is 1. The van der Waals surface area contributed by atoms with Crippen molar-refractivity contribution in [1.29, 1.82) is 0 Å². The molecule has 0 saturated heterocycles. The van der Waals surface area contributed by atoms with Gasteiger partial charge in [0.25, 0.3) is 0 Å². The minimum absolute atomic E-state index is 0.366. The molecule has 0 amide bonds. The fourth-order valence-electron chi connectivity index (χ4n) is 2.99. The van der Waals surface area contributed by atoms with Gasteiger partial charge in [-0.15, -0.1) is 0 Å². The number of nitrogens with two attached hydrogens (primary N) is 1. The largest absolute Gasteiger partial charge is 0.462 e. The van der Waals surface area contributed by atoms with Crippen molar-refractivity contribution in [3.8, 4) is 0 Å². The molecule has 1 heterocycles. The lowest BCUT2D eigenvalue weighted by atomic mass is 9.81. The molecule has 6 heteroatoms. The highest BCUT2D eigenvalue weighted by atomic mass is 32.2. The molecule has 1 aliphatic heterocycles. The molecule has 1 unspecified atom stereocenters. The smallest absolute Gasteiger partial charge is 0.224 e. The SMILES string of the molecule is CSCCC([NH+]=C1C=C(N)OC12CCCCC2)C(O)O. The first-order valence-electron chi connectivity index (χ1n) is 7.22. The zero-order valence-corrected chi connectivity index (χ0v) is 12.8. The number of rotatable bonds is 5. The van der Waals surface area contributed by atoms with Gasteiger partial charge in [-0.3, -0.25) is 0 Å². The van der Waals surface area contributed by atoms with Crippen molar-refractivity contribution < 1.29 is 19.9 Å². The fraction of sp³-hybridized carbons (Fsp3) is 0.786. The predicted molar refractivity (Wildman–Crippen MR) is 80.2 cm³/mol. The van der Waals surface area contributed by atoms with Crippen LogP contribution in [0.4, 0.5) is 0 Å². The average molecular weight is 301 g/mol. The van der Waals surface area contributed by atoms with E-state index in [4.69, 9.17) is 10.5 Å². The Labute approximate surface area is 124 Å². The highest BCUT2D eigenvalue weighted by Crippen LogP contribution is 2.36. The third-order valence-electron chi connectivity index (χ3n) is 4.09. The number of thioether (sulfide) groups is 1. The second-order valence-electron chi connectivity index (χ2n) is 5.56. The van der Waals surface area contributed by atoms with Crippen molar-refractivity contribution in [3.05, 3.63) is 12.0 Å². The van der Waals surface area contributed by atoms with Crippen molar-refractivity contribution in [3.63, 3.8) is 0 Å². The maximum absolute atomic E-state index is 9.53. The summed E-state index contributed by atoms with van der Waals surface area (Å²) in [6.07, 6.45) is 8.43. The Kier molecular flexibility index (Phi) is 5.35. The van der Waals surface area contributed by atoms with E-state index >= 15 is 0 Å². The van der Waals surface area contributed by atoms with Crippen LogP contribution in [0.3, 0.4) is 0 Å². The van der Waals surface area contributed by atoms with Crippen molar-refractivity contribution >= 4 is 17.5 Å². The summed E-state index contributed by atoms with van der Waals surface area (Å²) in [5, 5.41) is 19.1. The first-order chi connectivity index (χ1) is 9.57. The molecule has 5 nitrogen and oxygen atoms in total. The molecule has 0 radical (unpaired) electrons. The number of nitrogens with one attached hydrogen (secondary N) is 1. The molecule has 114 valence electrons. The molecule has 1 spiro atoms. The summed E-state index contributed by atoms with van der Waals surface area (Å²) in [4.78, 5) is 3.26. The van der Waals surface area contributed by atoms with E-state index < -0.39 is 6.29 Å². The predicted octanol–water partition coefficient (Wildman–Crippen LogP) is -0.526. The van der Waals surface area contributed by atoms with E-state index in [1.165, 1.54) is 6.42 Å². The molecule has 0 aromatic rings. The van der Waals surface area contributed by atoms with Crippen LogP contribution in [0.1, 0.15) is 38.5 Å². The Hall–Kier alpha value is -0.720. The summed E-state index contributed by atoms with van der Waals surface area (Å²) in [7, 11) is 0. The van der Waals surface area contributed by atoms with E-state index in [2.05, 4.69) is 4.99 Å². The lowest BCUT2D eigenvalue weighted by molar-refractivity contribution is -0.533. The molecule has 1 atom stereocenters. The topological polar surface area (TPSA) is 89.7 Å². The Bertz CT molecular complexity index is 390. The van der Waals surface area contributed by atoms with E-state index in [1.807, 2.05) is 6.26 Å². The molecule has 20 heavy (non-hydrogen) atoms. The maximum Gasteiger partial charge on any atom is 0.224 e. The van der Waals surface area contributed by atoms with Crippen LogP contribution in [0.15, 0.2) is 12.0 Å². The van der Waals surface area contributed by atoms with Crippen LogP contribution in [0.25, 0.3) is 0 Å². The van der Waals surface area contributed by atoms with Gasteiger partial charge >= 0.3 is 0 Å². The number of ether oxygens (including phenoxy) is 1. The molecule has 5 N–H and O–H groups in total. The number of hydrogen-bond donors (Lipinski definition) is 4. The molecule has 1 saturated carbocycles. The maximum atomic E-state index is 9.53. The van der Waals surface area contributed by atoms with Crippen LogP contribution < -0.4 is 10.7 Å². The summed E-state index contributed by atoms with van der Waals surface area (Å²) >= 11 is 1.69. The van der Waals surface area contributed by atoms with Crippen LogP contribution in [0.5, 0.6) is 0 Å². The van der Waals surface area contributed by atoms with Gasteiger partial charge in [0.05, 0.1) is 6.08 Å². The molecular weight excluding hydrogens is 276 g/mol. The van der Waals surface area contributed by atoms with Gasteiger partial charge in [-0.2, -0.15) is 11.8 Å². The van der Waals surface area contributed by atoms with Crippen molar-refractivity contribution in [2.75, 3.05) is 12.0 Å². The van der Waals surface area contributed by atoms with E-state index in [1.54, 1.807) is 17.8 Å². The van der Waals surface area contributed by atoms with E-state index in [0.29, 0.717) is 12.3 Å². The molecule has 1 aliphatic carbocycles. The third-order valence-corrected chi connectivity index (χ3v) is 4.73. The molecule has 0 aromatic carbocycles. The van der Waals surface area contributed by atoms with E-state index in [9.17, 15) is 10.2 Å². The Morgan fingerprint density at radius 2 is 2.10 bits per heavy atom. The lowest BCUT2D eigenvalue weighted by Crippen LogP contribution is -2.85. The molecule has 0 aromatic heterocycles. The van der Waals surface area contributed by atoms with Gasteiger partial charge in [-0.1, -0.05) is 6.42 Å². The number of hydrogen-bond acceptors (Lipinski definition) is 5. The molecule has 2 rings (SSSR count). The minimum atomic E-state index is -1.38. The van der Waals surface area contributed by atoms with E-state index in [-0.39, 0.29) is 11.6 Å². The Balaban J connectivity index is 2.19. The number of aliphatic hydroxyl groups is 2. The minimum Gasteiger partial charge on any atom is -0.462 e. The Morgan fingerprint density at radius 1 is 1.40 bits per heavy atom. The van der Waals surface area contributed by atoms with Gasteiger partial charge in [0.15, 0.2) is 11.5 Å². The molecular formula is C14H25N2O3S+. The quantitative estimate of drug-likeness (QED) is 0.513. The normalized spacial score (nSPS) is 25.0. The van der Waals surface area contributed by atoms with Gasteiger partial charge in [0, 0.05) is 6.42 Å². The van der Waals surface area contributed by atoms with Crippen LogP contribution in [0.2, 0.25) is 0 Å².